The van der Waals surface area contributed by atoms with Crippen molar-refractivity contribution in [3.8, 4) is 0 Å². The zero-order chi connectivity index (χ0) is 20.5. The van der Waals surface area contributed by atoms with Crippen LogP contribution in [0.15, 0.2) is 24.3 Å². The van der Waals surface area contributed by atoms with Gasteiger partial charge in [-0.25, -0.2) is 18.7 Å². The predicted octanol–water partition coefficient (Wildman–Crippen LogP) is 4.68. The van der Waals surface area contributed by atoms with E-state index in [1.807, 2.05) is 22.6 Å². The fourth-order valence-corrected chi connectivity index (χ4v) is 3.29. The molecule has 2 aromatic rings. The van der Waals surface area contributed by atoms with Gasteiger partial charge in [-0.15, -0.1) is 0 Å². The van der Waals surface area contributed by atoms with Gasteiger partial charge in [0.25, 0.3) is 5.91 Å². The molecule has 1 aliphatic carbocycles. The van der Waals surface area contributed by atoms with Crippen LogP contribution in [0.5, 0.6) is 0 Å². The fraction of sp³-hybridized carbons (Fsp3) is 0.278. The van der Waals surface area contributed by atoms with Gasteiger partial charge in [0.1, 0.15) is 12.4 Å². The largest absolute Gasteiger partial charge is 0.387 e. The summed E-state index contributed by atoms with van der Waals surface area (Å²) in [5.74, 6) is -4.46. The van der Waals surface area contributed by atoms with E-state index in [-0.39, 0.29) is 17.9 Å². The van der Waals surface area contributed by atoms with Crippen LogP contribution in [0.3, 0.4) is 0 Å². The lowest BCUT2D eigenvalue weighted by Crippen LogP contribution is -2.44. The number of hydrogen-bond acceptors (Lipinski definition) is 4. The third kappa shape index (κ3) is 4.53. The predicted molar refractivity (Wildman–Crippen MR) is 106 cm³/mol. The van der Waals surface area contributed by atoms with Crippen LogP contribution in [0.1, 0.15) is 29.6 Å². The summed E-state index contributed by atoms with van der Waals surface area (Å²) >= 11 is 7.55. The van der Waals surface area contributed by atoms with Crippen LogP contribution in [0.25, 0.3) is 0 Å². The maximum absolute atomic E-state index is 14.4. The second kappa shape index (κ2) is 8.44. The number of aliphatic hydroxyl groups is 1. The van der Waals surface area contributed by atoms with E-state index in [0.29, 0.717) is 16.4 Å². The molecule has 1 fully saturated rings. The van der Waals surface area contributed by atoms with E-state index in [0.717, 1.165) is 12.5 Å². The molecule has 0 bridgehead atoms. The highest BCUT2D eigenvalue weighted by molar-refractivity contribution is 14.1. The Balaban J connectivity index is 1.85. The zero-order valence-corrected chi connectivity index (χ0v) is 17.2. The lowest BCUT2D eigenvalue weighted by atomic mass is 9.81. The number of anilines is 2. The highest BCUT2D eigenvalue weighted by atomic mass is 127. The smallest absolute Gasteiger partial charge is 0.277 e. The van der Waals surface area contributed by atoms with Crippen molar-refractivity contribution in [3.63, 3.8) is 0 Å². The van der Waals surface area contributed by atoms with Gasteiger partial charge in [0.2, 0.25) is 0 Å². The van der Waals surface area contributed by atoms with Crippen LogP contribution in [0.2, 0.25) is 5.02 Å². The molecule has 10 heteroatoms. The first-order chi connectivity index (χ1) is 13.2. The van der Waals surface area contributed by atoms with Gasteiger partial charge >= 0.3 is 0 Å². The van der Waals surface area contributed by atoms with E-state index in [2.05, 4.69) is 10.8 Å². The van der Waals surface area contributed by atoms with Crippen LogP contribution < -0.4 is 10.8 Å². The van der Waals surface area contributed by atoms with Gasteiger partial charge in [-0.1, -0.05) is 11.6 Å². The van der Waals surface area contributed by atoms with Gasteiger partial charge in [0.15, 0.2) is 11.6 Å². The molecule has 0 unspecified atom stereocenters. The normalized spacial score (nSPS) is 15.1. The molecule has 2 aromatic carbocycles. The molecule has 0 radical (unpaired) electrons. The molecular weight excluding hydrogens is 512 g/mol. The SMILES string of the molecule is O=C(NOCC1(O)CCC1)c1cc(Cl)c(F)c(F)c1Nc1ccc(I)cc1F. The van der Waals surface area contributed by atoms with Crippen molar-refractivity contribution in [2.75, 3.05) is 11.9 Å². The number of amides is 1. The lowest BCUT2D eigenvalue weighted by molar-refractivity contribution is -0.113. The van der Waals surface area contributed by atoms with E-state index in [1.165, 1.54) is 12.1 Å². The van der Waals surface area contributed by atoms with E-state index in [9.17, 15) is 23.1 Å². The first-order valence-electron chi connectivity index (χ1n) is 8.24. The number of hydroxylamine groups is 1. The van der Waals surface area contributed by atoms with E-state index in [4.69, 9.17) is 16.4 Å². The van der Waals surface area contributed by atoms with E-state index >= 15 is 0 Å². The Labute approximate surface area is 177 Å². The van der Waals surface area contributed by atoms with Crippen molar-refractivity contribution in [2.24, 2.45) is 0 Å². The van der Waals surface area contributed by atoms with Gasteiger partial charge in [-0.05, 0) is 66.1 Å². The second-order valence-electron chi connectivity index (χ2n) is 6.46. The van der Waals surface area contributed by atoms with Gasteiger partial charge in [0, 0.05) is 3.57 Å². The van der Waals surface area contributed by atoms with Crippen molar-refractivity contribution >= 4 is 51.5 Å². The second-order valence-corrected chi connectivity index (χ2v) is 8.11. The number of benzene rings is 2. The highest BCUT2D eigenvalue weighted by Gasteiger charge is 2.35. The van der Waals surface area contributed by atoms with Crippen molar-refractivity contribution < 1.29 is 27.9 Å². The lowest BCUT2D eigenvalue weighted by Gasteiger charge is -2.35. The summed E-state index contributed by atoms with van der Waals surface area (Å²) in [4.78, 5) is 17.4. The van der Waals surface area contributed by atoms with E-state index in [1.54, 1.807) is 6.07 Å². The fourth-order valence-electron chi connectivity index (χ4n) is 2.64. The monoisotopic (exact) mass is 526 g/mol. The number of nitrogens with one attached hydrogen (secondary N) is 2. The van der Waals surface area contributed by atoms with Crippen molar-refractivity contribution in [1.29, 1.82) is 0 Å². The Morgan fingerprint density at radius 3 is 2.57 bits per heavy atom. The average molecular weight is 527 g/mol. The molecule has 1 aliphatic rings. The summed E-state index contributed by atoms with van der Waals surface area (Å²) in [7, 11) is 0. The number of halogens is 5. The van der Waals surface area contributed by atoms with Crippen LogP contribution in [-0.4, -0.2) is 23.2 Å². The average Bonchev–Trinajstić information content (AvgIpc) is 2.62. The molecule has 150 valence electrons. The van der Waals surface area contributed by atoms with Gasteiger partial charge in [0.05, 0.1) is 27.6 Å². The summed E-state index contributed by atoms with van der Waals surface area (Å²) in [6, 6.07) is 4.98. The molecule has 0 aromatic heterocycles. The molecule has 0 aliphatic heterocycles. The van der Waals surface area contributed by atoms with Crippen LogP contribution in [-0.2, 0) is 4.84 Å². The Bertz CT molecular complexity index is 925. The summed E-state index contributed by atoms with van der Waals surface area (Å²) in [5.41, 5.74) is -0.0759. The molecule has 0 heterocycles. The Kier molecular flexibility index (Phi) is 6.37. The molecule has 0 atom stereocenters. The molecule has 1 saturated carbocycles. The molecular formula is C18H15ClF3IN2O3. The summed E-state index contributed by atoms with van der Waals surface area (Å²) in [6.45, 7) is -0.148. The van der Waals surface area contributed by atoms with Gasteiger partial charge in [-0.3, -0.25) is 9.63 Å². The van der Waals surface area contributed by atoms with Crippen LogP contribution >= 0.6 is 34.2 Å². The maximum atomic E-state index is 14.4. The minimum Gasteiger partial charge on any atom is -0.387 e. The van der Waals surface area contributed by atoms with Crippen molar-refractivity contribution in [2.45, 2.75) is 24.9 Å². The first kappa shape index (κ1) is 21.2. The molecule has 0 saturated heterocycles. The standard InChI is InChI=1S/C18H15ClF3IN2O3/c19-11-7-10(17(26)25-28-8-18(27)4-1-5-18)16(15(22)14(11)21)24-13-3-2-9(23)6-12(13)20/h2-3,6-7,24,27H,1,4-5,8H2,(H,25,26). The molecule has 3 N–H and O–H groups in total. The maximum Gasteiger partial charge on any atom is 0.277 e. The topological polar surface area (TPSA) is 70.6 Å². The quantitative estimate of drug-likeness (QED) is 0.290. The molecule has 0 spiro atoms. The molecule has 5 nitrogen and oxygen atoms in total. The number of rotatable bonds is 6. The first-order valence-corrected chi connectivity index (χ1v) is 9.70. The van der Waals surface area contributed by atoms with Crippen LogP contribution in [0, 0.1) is 21.0 Å². The Morgan fingerprint density at radius 1 is 1.25 bits per heavy atom. The Hall–Kier alpha value is -1.56. The number of hydrogen-bond donors (Lipinski definition) is 3. The summed E-state index contributed by atoms with van der Waals surface area (Å²) < 4.78 is 43.1. The summed E-state index contributed by atoms with van der Waals surface area (Å²) in [6.07, 6.45) is 1.93. The third-order valence-electron chi connectivity index (χ3n) is 4.39. The number of carbonyl (C=O) groups excluding carboxylic acids is 1. The zero-order valence-electron chi connectivity index (χ0n) is 14.3. The number of carbonyl (C=O) groups is 1. The van der Waals surface area contributed by atoms with E-state index < -0.39 is 39.7 Å². The molecule has 1 amide bonds. The van der Waals surface area contributed by atoms with Crippen LogP contribution in [0.4, 0.5) is 24.5 Å². The third-order valence-corrected chi connectivity index (χ3v) is 5.33. The van der Waals surface area contributed by atoms with Gasteiger partial charge in [-0.2, -0.15) is 0 Å². The molecule has 3 rings (SSSR count). The molecule has 28 heavy (non-hydrogen) atoms. The highest BCUT2D eigenvalue weighted by Crippen LogP contribution is 2.33. The van der Waals surface area contributed by atoms with Crippen molar-refractivity contribution in [3.05, 3.63) is 55.9 Å². The summed E-state index contributed by atoms with van der Waals surface area (Å²) in [5, 5.41) is 11.7. The minimum atomic E-state index is -1.44. The van der Waals surface area contributed by atoms with Crippen molar-refractivity contribution in [1.82, 2.24) is 5.48 Å². The minimum absolute atomic E-state index is 0.148. The van der Waals surface area contributed by atoms with Gasteiger partial charge < -0.3 is 10.4 Å². The Morgan fingerprint density at radius 2 is 1.96 bits per heavy atom.